The largest absolute Gasteiger partial charge is 0.453 e. The van der Waals surface area contributed by atoms with Gasteiger partial charge in [-0.2, -0.15) is 0 Å². The topological polar surface area (TPSA) is 103 Å². The van der Waals surface area contributed by atoms with E-state index in [1.54, 1.807) is 0 Å². The van der Waals surface area contributed by atoms with Crippen LogP contribution in [-0.2, 0) is 20.7 Å². The lowest BCUT2D eigenvalue weighted by Gasteiger charge is -2.21. The summed E-state index contributed by atoms with van der Waals surface area (Å²) in [5, 5.41) is 6.56. The van der Waals surface area contributed by atoms with E-state index in [1.165, 1.54) is 63.2 Å². The predicted molar refractivity (Wildman–Crippen MR) is 158 cm³/mol. The molecular weight excluding hydrogens is 514 g/mol. The van der Waals surface area contributed by atoms with Crippen molar-refractivity contribution in [2.24, 2.45) is 11.7 Å². The van der Waals surface area contributed by atoms with Gasteiger partial charge in [0.1, 0.15) is 6.10 Å². The molecule has 2 aliphatic carbocycles. The maximum Gasteiger partial charge on any atom is 0.406 e. The number of rotatable bonds is 10. The summed E-state index contributed by atoms with van der Waals surface area (Å²) in [7, 11) is 3.32. The van der Waals surface area contributed by atoms with Gasteiger partial charge in [0.15, 0.2) is 0 Å². The van der Waals surface area contributed by atoms with Crippen LogP contribution in [0.2, 0.25) is 5.02 Å². The Morgan fingerprint density at radius 3 is 2.36 bits per heavy atom. The van der Waals surface area contributed by atoms with Crippen LogP contribution in [0.4, 0.5) is 4.79 Å². The predicted octanol–water partition coefficient (Wildman–Crippen LogP) is 6.13. The molecule has 0 spiro atoms. The fourth-order valence-corrected chi connectivity index (χ4v) is 4.93. The fourth-order valence-electron chi connectivity index (χ4n) is 4.73. The van der Waals surface area contributed by atoms with Gasteiger partial charge in [0.25, 0.3) is 0 Å². The number of carbonyl (C=O) groups excluding carboxylic acids is 2. The first-order valence-corrected chi connectivity index (χ1v) is 14.4. The van der Waals surface area contributed by atoms with E-state index >= 15 is 0 Å². The van der Waals surface area contributed by atoms with Gasteiger partial charge in [-0.1, -0.05) is 81.0 Å². The Hall–Kier alpha value is -2.61. The summed E-state index contributed by atoms with van der Waals surface area (Å²) in [6.07, 6.45) is 10.4. The molecule has 1 atom stereocenters. The van der Waals surface area contributed by atoms with Crippen molar-refractivity contribution in [3.8, 4) is 0 Å². The van der Waals surface area contributed by atoms with E-state index in [1.807, 2.05) is 31.3 Å². The maximum absolute atomic E-state index is 11.3. The minimum atomic E-state index is -0.460. The van der Waals surface area contributed by atoms with Gasteiger partial charge in [0.2, 0.25) is 6.41 Å². The number of methoxy groups -OCH3 is 1. The lowest BCUT2D eigenvalue weighted by Crippen LogP contribution is -2.27. The summed E-state index contributed by atoms with van der Waals surface area (Å²) >= 11 is 6.25. The van der Waals surface area contributed by atoms with Crippen LogP contribution in [0.1, 0.15) is 86.1 Å². The molecule has 216 valence electrons. The Kier molecular flexibility index (Phi) is 15.6. The van der Waals surface area contributed by atoms with Crippen LogP contribution in [0.3, 0.4) is 0 Å². The first-order chi connectivity index (χ1) is 18.9. The minimum absolute atomic E-state index is 0.250. The smallest absolute Gasteiger partial charge is 0.406 e. The Balaban J connectivity index is 0.000000450. The van der Waals surface area contributed by atoms with E-state index in [-0.39, 0.29) is 12.5 Å². The number of hydrogen-bond acceptors (Lipinski definition) is 5. The molecular formula is C31H46ClN3O4. The molecule has 2 aromatic carbocycles. The molecule has 8 heteroatoms. The van der Waals surface area contributed by atoms with Crippen molar-refractivity contribution < 1.29 is 19.1 Å². The molecule has 7 nitrogen and oxygen atoms in total. The van der Waals surface area contributed by atoms with Crippen LogP contribution in [0.25, 0.3) is 0 Å². The third-order valence-corrected chi connectivity index (χ3v) is 7.17. The molecule has 0 saturated heterocycles. The van der Waals surface area contributed by atoms with Crippen LogP contribution < -0.4 is 16.4 Å². The number of carbonyl (C=O) groups is 2. The number of likely N-dealkylation sites (N-methyl/N-ethyl adjacent to an activating group) is 1. The van der Waals surface area contributed by atoms with Crippen LogP contribution in [0.15, 0.2) is 42.5 Å². The quantitative estimate of drug-likeness (QED) is 0.240. The number of hydrogen-bond donors (Lipinski definition) is 3. The average molecular weight is 560 g/mol. The molecule has 0 bridgehead atoms. The zero-order chi connectivity index (χ0) is 28.5. The Morgan fingerprint density at radius 1 is 1.08 bits per heavy atom. The SMILES string of the molecule is CC1CCCCC1.CNCCc1cc(C2CC2)cc(C(OCCNC(=O)OC)c2cccc(Cl)c2)c1.NC=O. The van der Waals surface area contributed by atoms with Crippen molar-refractivity contribution in [3.05, 3.63) is 69.7 Å². The zero-order valence-corrected chi connectivity index (χ0v) is 24.5. The highest BCUT2D eigenvalue weighted by molar-refractivity contribution is 6.30. The lowest BCUT2D eigenvalue weighted by atomic mass is 9.91. The molecule has 0 aromatic heterocycles. The number of nitrogens with two attached hydrogens (primary N) is 1. The molecule has 1 unspecified atom stereocenters. The average Bonchev–Trinajstić information content (AvgIpc) is 3.79. The summed E-state index contributed by atoms with van der Waals surface area (Å²) < 4.78 is 10.8. The molecule has 2 amide bonds. The third-order valence-electron chi connectivity index (χ3n) is 6.94. The van der Waals surface area contributed by atoms with Gasteiger partial charge in [0, 0.05) is 11.6 Å². The monoisotopic (exact) mass is 559 g/mol. The zero-order valence-electron chi connectivity index (χ0n) is 23.7. The van der Waals surface area contributed by atoms with Gasteiger partial charge in [-0.3, -0.25) is 4.79 Å². The molecule has 2 aromatic rings. The second-order valence-corrected chi connectivity index (χ2v) is 10.7. The maximum atomic E-state index is 11.3. The van der Waals surface area contributed by atoms with Crippen LogP contribution in [-0.4, -0.2) is 46.4 Å². The second kappa shape index (κ2) is 18.6. The van der Waals surface area contributed by atoms with Crippen LogP contribution in [0, 0.1) is 5.92 Å². The lowest BCUT2D eigenvalue weighted by molar-refractivity contribution is -0.106. The summed E-state index contributed by atoms with van der Waals surface area (Å²) in [5.74, 6) is 1.69. The number of amides is 2. The number of benzene rings is 2. The molecule has 39 heavy (non-hydrogen) atoms. The Morgan fingerprint density at radius 2 is 1.79 bits per heavy atom. The summed E-state index contributed by atoms with van der Waals surface area (Å²) in [4.78, 5) is 19.9. The Bertz CT molecular complexity index is 994. The van der Waals surface area contributed by atoms with Crippen molar-refractivity contribution >= 4 is 24.1 Å². The highest BCUT2D eigenvalue weighted by atomic mass is 35.5. The normalized spacial score (nSPS) is 15.6. The number of alkyl carbamates (subject to hydrolysis) is 1. The van der Waals surface area contributed by atoms with Crippen molar-refractivity contribution in [2.75, 3.05) is 33.9 Å². The van der Waals surface area contributed by atoms with Gasteiger partial charge in [-0.25, -0.2) is 4.79 Å². The van der Waals surface area contributed by atoms with Crippen molar-refractivity contribution in [2.45, 2.75) is 70.3 Å². The van der Waals surface area contributed by atoms with Gasteiger partial charge in [-0.15, -0.1) is 0 Å². The van der Waals surface area contributed by atoms with Gasteiger partial charge in [-0.05, 0) is 79.1 Å². The van der Waals surface area contributed by atoms with Crippen molar-refractivity contribution in [1.29, 1.82) is 0 Å². The summed E-state index contributed by atoms with van der Waals surface area (Å²) in [6, 6.07) is 14.6. The van der Waals surface area contributed by atoms with E-state index in [0.29, 0.717) is 24.1 Å². The number of ether oxygens (including phenoxy) is 2. The molecule has 2 aliphatic rings. The molecule has 4 rings (SSSR count). The van der Waals surface area contributed by atoms with Gasteiger partial charge < -0.3 is 25.8 Å². The minimum Gasteiger partial charge on any atom is -0.453 e. The molecule has 0 heterocycles. The second-order valence-electron chi connectivity index (χ2n) is 10.2. The van der Waals surface area contributed by atoms with Crippen LogP contribution in [0.5, 0.6) is 0 Å². The molecule has 4 N–H and O–H groups in total. The van der Waals surface area contributed by atoms with Crippen molar-refractivity contribution in [3.63, 3.8) is 0 Å². The molecule has 2 saturated carbocycles. The molecule has 0 aliphatic heterocycles. The summed E-state index contributed by atoms with van der Waals surface area (Å²) in [6.45, 7) is 4.03. The highest BCUT2D eigenvalue weighted by Gasteiger charge is 2.26. The van der Waals surface area contributed by atoms with Crippen molar-refractivity contribution in [1.82, 2.24) is 10.6 Å². The van der Waals surface area contributed by atoms with E-state index in [2.05, 4.69) is 46.2 Å². The summed E-state index contributed by atoms with van der Waals surface area (Å²) in [5.41, 5.74) is 8.99. The molecule has 2 fully saturated rings. The Labute approximate surface area is 239 Å². The first kappa shape index (κ1) is 32.6. The standard InChI is InChI=1S/C23H29ClN2O3.C7H14.CH3NO/c1-25-9-8-16-12-19(17-6-7-17)14-20(13-16)22(18-4-3-5-21(24)15-18)29-11-10-26-23(27)28-2;1-7-5-3-2-4-6-7;2-1-3/h3-5,12-15,17,22,25H,6-11H2,1-2H3,(H,26,27);7H,2-6H2,1H3;1H,(H2,2,3). The van der Waals surface area contributed by atoms with E-state index in [9.17, 15) is 4.79 Å². The van der Waals surface area contributed by atoms with E-state index in [4.69, 9.17) is 21.1 Å². The third kappa shape index (κ3) is 12.9. The number of nitrogens with one attached hydrogen (secondary N) is 2. The van der Waals surface area contributed by atoms with Gasteiger partial charge in [0.05, 0.1) is 13.7 Å². The first-order valence-electron chi connectivity index (χ1n) is 14.0. The number of primary amides is 1. The molecule has 0 radical (unpaired) electrons. The fraction of sp³-hybridized carbons (Fsp3) is 0.548. The number of halogens is 1. The van der Waals surface area contributed by atoms with Gasteiger partial charge >= 0.3 is 6.09 Å². The van der Waals surface area contributed by atoms with E-state index in [0.717, 1.165) is 30.0 Å². The highest BCUT2D eigenvalue weighted by Crippen LogP contribution is 2.42. The van der Waals surface area contributed by atoms with E-state index < -0.39 is 6.09 Å². The van der Waals surface area contributed by atoms with Crippen LogP contribution >= 0.6 is 11.6 Å².